The zero-order chi connectivity index (χ0) is 17.7. The van der Waals surface area contributed by atoms with Crippen molar-refractivity contribution in [2.45, 2.75) is 111 Å². The molecular formula is C22H42O2. The second-order valence-corrected chi connectivity index (χ2v) is 9.15. The molecule has 2 heteroatoms. The molecule has 0 aromatic rings. The van der Waals surface area contributed by atoms with E-state index in [1.165, 1.54) is 57.8 Å². The topological polar surface area (TPSA) is 40.5 Å². The molecule has 0 radical (unpaired) electrons. The third-order valence-electron chi connectivity index (χ3n) is 7.78. The fourth-order valence-electron chi connectivity index (χ4n) is 6.00. The van der Waals surface area contributed by atoms with Gasteiger partial charge in [-0.2, -0.15) is 0 Å². The Kier molecular flexibility index (Phi) is 7.61. The van der Waals surface area contributed by atoms with Gasteiger partial charge in [-0.3, -0.25) is 0 Å². The molecule has 0 saturated heterocycles. The van der Waals surface area contributed by atoms with Crippen LogP contribution in [0.1, 0.15) is 98.3 Å². The van der Waals surface area contributed by atoms with Crippen LogP contribution >= 0.6 is 0 Å². The number of aliphatic hydroxyl groups excluding tert-OH is 2. The number of unbranched alkanes of at least 4 members (excludes halogenated alkanes) is 2. The number of hydrogen-bond donors (Lipinski definition) is 2. The number of rotatable bonds is 7. The van der Waals surface area contributed by atoms with Crippen LogP contribution in [0.4, 0.5) is 0 Å². The SMILES string of the molecule is CCCCCC(CC)(C1CCC(O)C(C)C1)C1CCC(O)C(C)C1. The van der Waals surface area contributed by atoms with E-state index in [1.54, 1.807) is 0 Å². The molecule has 2 nitrogen and oxygen atoms in total. The first-order chi connectivity index (χ1) is 11.4. The van der Waals surface area contributed by atoms with E-state index in [4.69, 9.17) is 0 Å². The highest BCUT2D eigenvalue weighted by molar-refractivity contribution is 4.97. The van der Waals surface area contributed by atoms with Gasteiger partial charge in [0.25, 0.3) is 0 Å². The number of aliphatic hydroxyl groups is 2. The molecule has 6 unspecified atom stereocenters. The zero-order valence-electron chi connectivity index (χ0n) is 16.6. The average molecular weight is 339 g/mol. The van der Waals surface area contributed by atoms with E-state index in [0.717, 1.165) is 24.7 Å². The first-order valence-electron chi connectivity index (χ1n) is 10.8. The molecule has 2 saturated carbocycles. The van der Waals surface area contributed by atoms with Crippen molar-refractivity contribution in [1.82, 2.24) is 0 Å². The Bertz CT molecular complexity index is 341. The van der Waals surface area contributed by atoms with Crippen molar-refractivity contribution in [1.29, 1.82) is 0 Å². The van der Waals surface area contributed by atoms with Crippen molar-refractivity contribution < 1.29 is 10.2 Å². The van der Waals surface area contributed by atoms with E-state index < -0.39 is 0 Å². The van der Waals surface area contributed by atoms with E-state index in [9.17, 15) is 10.2 Å². The van der Waals surface area contributed by atoms with E-state index in [0.29, 0.717) is 17.3 Å². The summed E-state index contributed by atoms with van der Waals surface area (Å²) >= 11 is 0. The van der Waals surface area contributed by atoms with Gasteiger partial charge in [0, 0.05) is 0 Å². The fourth-order valence-corrected chi connectivity index (χ4v) is 6.00. The summed E-state index contributed by atoms with van der Waals surface area (Å²) in [5, 5.41) is 20.4. The maximum atomic E-state index is 10.2. The maximum absolute atomic E-state index is 10.2. The average Bonchev–Trinajstić information content (AvgIpc) is 2.57. The Morgan fingerprint density at radius 2 is 1.29 bits per heavy atom. The molecule has 0 amide bonds. The van der Waals surface area contributed by atoms with E-state index >= 15 is 0 Å². The van der Waals surface area contributed by atoms with Gasteiger partial charge in [-0.1, -0.05) is 47.0 Å². The molecule has 2 fully saturated rings. The summed E-state index contributed by atoms with van der Waals surface area (Å²) in [5.74, 6) is 2.44. The van der Waals surface area contributed by atoms with Gasteiger partial charge in [0.2, 0.25) is 0 Å². The van der Waals surface area contributed by atoms with Crippen LogP contribution in [0.15, 0.2) is 0 Å². The molecular weight excluding hydrogens is 296 g/mol. The second kappa shape index (κ2) is 9.03. The van der Waals surface area contributed by atoms with E-state index in [2.05, 4.69) is 27.7 Å². The van der Waals surface area contributed by atoms with Gasteiger partial charge in [0.1, 0.15) is 0 Å². The van der Waals surface area contributed by atoms with Crippen LogP contribution in [0.5, 0.6) is 0 Å². The summed E-state index contributed by atoms with van der Waals surface area (Å²) in [6, 6.07) is 0. The Hall–Kier alpha value is -0.0800. The Morgan fingerprint density at radius 1 is 0.792 bits per heavy atom. The minimum Gasteiger partial charge on any atom is -0.393 e. The Morgan fingerprint density at radius 3 is 1.67 bits per heavy atom. The van der Waals surface area contributed by atoms with Crippen LogP contribution in [-0.4, -0.2) is 22.4 Å². The molecule has 0 aromatic carbocycles. The zero-order valence-corrected chi connectivity index (χ0v) is 16.6. The van der Waals surface area contributed by atoms with Crippen LogP contribution in [-0.2, 0) is 0 Å². The van der Waals surface area contributed by atoms with Crippen molar-refractivity contribution in [3.8, 4) is 0 Å². The molecule has 2 aliphatic carbocycles. The Balaban J connectivity index is 2.19. The van der Waals surface area contributed by atoms with Gasteiger partial charge < -0.3 is 10.2 Å². The van der Waals surface area contributed by atoms with Crippen molar-refractivity contribution >= 4 is 0 Å². The highest BCUT2D eigenvalue weighted by Gasteiger charge is 2.47. The van der Waals surface area contributed by atoms with Crippen LogP contribution in [0.25, 0.3) is 0 Å². The Labute approximate surface area is 150 Å². The molecule has 2 aliphatic rings. The van der Waals surface area contributed by atoms with Gasteiger partial charge in [-0.25, -0.2) is 0 Å². The normalized spacial score (nSPS) is 40.2. The molecule has 2 rings (SSSR count). The van der Waals surface area contributed by atoms with Crippen LogP contribution in [0.3, 0.4) is 0 Å². The van der Waals surface area contributed by atoms with Crippen molar-refractivity contribution in [2.75, 3.05) is 0 Å². The quantitative estimate of drug-likeness (QED) is 0.597. The summed E-state index contributed by atoms with van der Waals surface area (Å²) in [5.41, 5.74) is 0.442. The summed E-state index contributed by atoms with van der Waals surface area (Å²) in [6.45, 7) is 9.20. The van der Waals surface area contributed by atoms with Crippen LogP contribution in [0.2, 0.25) is 0 Å². The lowest BCUT2D eigenvalue weighted by Gasteiger charge is -2.52. The first kappa shape index (κ1) is 20.2. The molecule has 6 atom stereocenters. The van der Waals surface area contributed by atoms with Gasteiger partial charge in [-0.15, -0.1) is 0 Å². The molecule has 0 aromatic heterocycles. The summed E-state index contributed by atoms with van der Waals surface area (Å²) in [4.78, 5) is 0. The smallest absolute Gasteiger partial charge is 0.0566 e. The number of hydrogen-bond acceptors (Lipinski definition) is 2. The largest absolute Gasteiger partial charge is 0.393 e. The third-order valence-corrected chi connectivity index (χ3v) is 7.78. The van der Waals surface area contributed by atoms with Gasteiger partial charge in [0.15, 0.2) is 0 Å². The van der Waals surface area contributed by atoms with Crippen molar-refractivity contribution in [3.63, 3.8) is 0 Å². The second-order valence-electron chi connectivity index (χ2n) is 9.15. The molecule has 0 bridgehead atoms. The summed E-state index contributed by atoms with van der Waals surface area (Å²) < 4.78 is 0. The molecule has 24 heavy (non-hydrogen) atoms. The lowest BCUT2D eigenvalue weighted by atomic mass is 9.53. The molecule has 0 aliphatic heterocycles. The van der Waals surface area contributed by atoms with Gasteiger partial charge in [0.05, 0.1) is 12.2 Å². The minimum absolute atomic E-state index is 0.0847. The van der Waals surface area contributed by atoms with Crippen molar-refractivity contribution in [3.05, 3.63) is 0 Å². The van der Waals surface area contributed by atoms with Crippen molar-refractivity contribution in [2.24, 2.45) is 29.1 Å². The predicted molar refractivity (Wildman–Crippen MR) is 102 cm³/mol. The summed E-state index contributed by atoms with van der Waals surface area (Å²) in [7, 11) is 0. The standard InChI is InChI=1S/C22H42O2/c1-5-7-8-13-22(6-2,18-9-11-20(23)16(3)14-18)19-10-12-21(24)17(4)15-19/h16-21,23-24H,5-15H2,1-4H3. The molecule has 2 N–H and O–H groups in total. The minimum atomic E-state index is -0.0847. The molecule has 142 valence electrons. The first-order valence-corrected chi connectivity index (χ1v) is 10.8. The highest BCUT2D eigenvalue weighted by Crippen LogP contribution is 2.55. The fraction of sp³-hybridized carbons (Fsp3) is 1.00. The highest BCUT2D eigenvalue weighted by atomic mass is 16.3. The van der Waals surface area contributed by atoms with E-state index in [1.807, 2.05) is 0 Å². The maximum Gasteiger partial charge on any atom is 0.0566 e. The molecule has 0 spiro atoms. The lowest BCUT2D eigenvalue weighted by molar-refractivity contribution is -0.0594. The third kappa shape index (κ3) is 4.36. The van der Waals surface area contributed by atoms with Gasteiger partial charge in [-0.05, 0) is 80.5 Å². The lowest BCUT2D eigenvalue weighted by Crippen LogP contribution is -2.45. The molecule has 0 heterocycles. The monoisotopic (exact) mass is 338 g/mol. The van der Waals surface area contributed by atoms with Crippen LogP contribution < -0.4 is 0 Å². The predicted octanol–water partition coefficient (Wildman–Crippen LogP) is 5.56. The van der Waals surface area contributed by atoms with E-state index in [-0.39, 0.29) is 12.2 Å². The van der Waals surface area contributed by atoms with Gasteiger partial charge >= 0.3 is 0 Å². The summed E-state index contributed by atoms with van der Waals surface area (Å²) in [6.07, 6.45) is 13.3. The van der Waals surface area contributed by atoms with Crippen LogP contribution in [0, 0.1) is 29.1 Å².